The minimum atomic E-state index is -1.10. The molecule has 0 aliphatic heterocycles. The summed E-state index contributed by atoms with van der Waals surface area (Å²) >= 11 is 0. The van der Waals surface area contributed by atoms with Crippen LogP contribution in [0.5, 0.6) is 0 Å². The lowest BCUT2D eigenvalue weighted by Gasteiger charge is -2.06. The van der Waals surface area contributed by atoms with E-state index in [9.17, 15) is 15.0 Å². The molecule has 4 nitrogen and oxygen atoms in total. The quantitative estimate of drug-likeness (QED) is 0.301. The monoisotopic (exact) mass is 258 g/mol. The maximum absolute atomic E-state index is 10.2. The van der Waals surface area contributed by atoms with Crippen molar-refractivity contribution in [3.63, 3.8) is 0 Å². The molecule has 0 fully saturated rings. The van der Waals surface area contributed by atoms with Crippen LogP contribution in [0.4, 0.5) is 0 Å². The zero-order valence-electron chi connectivity index (χ0n) is 11.3. The minimum Gasteiger partial charge on any atom is -0.512 e. The number of aliphatic hydroxyl groups excluding tert-OH is 2. The first-order chi connectivity index (χ1) is 8.56. The van der Waals surface area contributed by atoms with Gasteiger partial charge in [-0.2, -0.15) is 0 Å². The second kappa shape index (κ2) is 11.1. The molecule has 0 aromatic carbocycles. The Morgan fingerprint density at radius 3 is 2.17 bits per heavy atom. The molecule has 1 unspecified atom stereocenters. The van der Waals surface area contributed by atoms with Crippen LogP contribution in [0.3, 0.4) is 0 Å². The summed E-state index contributed by atoms with van der Waals surface area (Å²) in [6.07, 6.45) is 9.14. The number of aliphatic hydroxyl groups is 2. The predicted octanol–water partition coefficient (Wildman–Crippen LogP) is 3.40. The van der Waals surface area contributed by atoms with Crippen LogP contribution in [0, 0.1) is 0 Å². The number of carboxylic acid groups (broad SMARTS) is 1. The summed E-state index contributed by atoms with van der Waals surface area (Å²) in [5.74, 6) is -1.14. The highest BCUT2D eigenvalue weighted by Crippen LogP contribution is 2.12. The van der Waals surface area contributed by atoms with Gasteiger partial charge in [0, 0.05) is 6.42 Å². The number of rotatable bonds is 11. The molecule has 106 valence electrons. The van der Waals surface area contributed by atoms with E-state index >= 15 is 0 Å². The normalized spacial score (nSPS) is 13.6. The zero-order valence-corrected chi connectivity index (χ0v) is 11.3. The maximum Gasteiger partial charge on any atom is 0.331 e. The Morgan fingerprint density at radius 2 is 1.61 bits per heavy atom. The third-order valence-corrected chi connectivity index (χ3v) is 2.98. The lowest BCUT2D eigenvalue weighted by Crippen LogP contribution is -2.03. The van der Waals surface area contributed by atoms with E-state index in [-0.39, 0.29) is 11.9 Å². The van der Waals surface area contributed by atoms with E-state index in [2.05, 4.69) is 0 Å². The molecule has 18 heavy (non-hydrogen) atoms. The molecule has 0 rings (SSSR count). The van der Waals surface area contributed by atoms with Gasteiger partial charge in [-0.15, -0.1) is 0 Å². The van der Waals surface area contributed by atoms with Gasteiger partial charge in [0.05, 0.1) is 17.9 Å². The summed E-state index contributed by atoms with van der Waals surface area (Å²) in [6, 6.07) is 0. The number of unbranched alkanes of at least 4 members (excludes halogenated alkanes) is 5. The van der Waals surface area contributed by atoms with Crippen molar-refractivity contribution in [2.45, 2.75) is 70.8 Å². The lowest BCUT2D eigenvalue weighted by atomic mass is 10.0. The van der Waals surface area contributed by atoms with Crippen molar-refractivity contribution in [3.8, 4) is 0 Å². The fourth-order valence-corrected chi connectivity index (χ4v) is 1.81. The topological polar surface area (TPSA) is 77.8 Å². The summed E-state index contributed by atoms with van der Waals surface area (Å²) in [5, 5.41) is 26.9. The summed E-state index contributed by atoms with van der Waals surface area (Å²) in [5.41, 5.74) is 0. The molecule has 0 bridgehead atoms. The van der Waals surface area contributed by atoms with E-state index in [1.165, 1.54) is 0 Å². The van der Waals surface area contributed by atoms with Crippen LogP contribution in [0.1, 0.15) is 64.7 Å². The average molecular weight is 258 g/mol. The average Bonchev–Trinajstić information content (AvgIpc) is 2.31. The number of hydrogen-bond acceptors (Lipinski definition) is 3. The summed E-state index contributed by atoms with van der Waals surface area (Å²) in [7, 11) is 0. The van der Waals surface area contributed by atoms with E-state index in [1.54, 1.807) is 0 Å². The second-order valence-electron chi connectivity index (χ2n) is 4.70. The number of carboxylic acids is 1. The van der Waals surface area contributed by atoms with Crippen LogP contribution < -0.4 is 0 Å². The van der Waals surface area contributed by atoms with E-state index in [1.807, 2.05) is 6.92 Å². The fraction of sp³-hybridized carbons (Fsp3) is 0.786. The molecule has 0 amide bonds. The number of aliphatic carboxylic acids is 1. The Bertz CT molecular complexity index is 248. The van der Waals surface area contributed by atoms with Crippen LogP contribution in [-0.4, -0.2) is 27.4 Å². The number of carbonyl (C=O) groups is 1. The van der Waals surface area contributed by atoms with Crippen molar-refractivity contribution in [1.82, 2.24) is 0 Å². The molecule has 0 aliphatic rings. The van der Waals surface area contributed by atoms with Crippen LogP contribution in [0.15, 0.2) is 11.8 Å². The smallest absolute Gasteiger partial charge is 0.331 e. The lowest BCUT2D eigenvalue weighted by molar-refractivity contribution is -0.131. The molecule has 0 aliphatic carbocycles. The molecule has 3 N–H and O–H groups in total. The Hall–Kier alpha value is -1.03. The second-order valence-corrected chi connectivity index (χ2v) is 4.70. The van der Waals surface area contributed by atoms with Crippen LogP contribution in [0.2, 0.25) is 0 Å². The molecular weight excluding hydrogens is 232 g/mol. The van der Waals surface area contributed by atoms with Gasteiger partial charge in [-0.3, -0.25) is 0 Å². The highest BCUT2D eigenvalue weighted by Gasteiger charge is 2.00. The van der Waals surface area contributed by atoms with Gasteiger partial charge < -0.3 is 15.3 Å². The summed E-state index contributed by atoms with van der Waals surface area (Å²) < 4.78 is 0. The molecule has 0 heterocycles. The number of hydrogen-bond donors (Lipinski definition) is 3. The molecule has 0 saturated heterocycles. The molecule has 1 atom stereocenters. The van der Waals surface area contributed by atoms with Gasteiger partial charge in [-0.25, -0.2) is 4.79 Å². The first-order valence-electron chi connectivity index (χ1n) is 6.86. The largest absolute Gasteiger partial charge is 0.512 e. The first-order valence-corrected chi connectivity index (χ1v) is 6.86. The highest BCUT2D eigenvalue weighted by atomic mass is 16.4. The van der Waals surface area contributed by atoms with Gasteiger partial charge in [0.15, 0.2) is 0 Å². The Morgan fingerprint density at radius 1 is 1.06 bits per heavy atom. The van der Waals surface area contributed by atoms with E-state index < -0.39 is 5.97 Å². The maximum atomic E-state index is 10.2. The Balaban J connectivity index is 3.29. The molecular formula is C14H26O4. The molecule has 4 heteroatoms. The fourth-order valence-electron chi connectivity index (χ4n) is 1.81. The van der Waals surface area contributed by atoms with Gasteiger partial charge in [0.25, 0.3) is 0 Å². The standard InChI is InChI=1S/C14H26O4/c1-2-12(15)9-7-5-3-4-6-8-10-13(16)11-14(17)18/h11-12,15-16H,2-10H2,1H3,(H,17,18). The highest BCUT2D eigenvalue weighted by molar-refractivity contribution is 5.80. The van der Waals surface area contributed by atoms with Crippen molar-refractivity contribution in [3.05, 3.63) is 11.8 Å². The third-order valence-electron chi connectivity index (χ3n) is 2.98. The van der Waals surface area contributed by atoms with Crippen molar-refractivity contribution in [2.24, 2.45) is 0 Å². The first kappa shape index (κ1) is 17.0. The van der Waals surface area contributed by atoms with Gasteiger partial charge in [0.1, 0.15) is 0 Å². The van der Waals surface area contributed by atoms with Crippen molar-refractivity contribution < 1.29 is 20.1 Å². The van der Waals surface area contributed by atoms with Gasteiger partial charge in [-0.05, 0) is 19.3 Å². The molecule has 0 aromatic rings. The molecule has 0 saturated carbocycles. The number of allylic oxidation sites excluding steroid dienone is 1. The summed E-state index contributed by atoms with van der Waals surface area (Å²) in [4.78, 5) is 10.2. The Kier molecular flexibility index (Phi) is 10.4. The van der Waals surface area contributed by atoms with Gasteiger partial charge >= 0.3 is 5.97 Å². The molecule has 0 spiro atoms. The van der Waals surface area contributed by atoms with Crippen LogP contribution >= 0.6 is 0 Å². The molecule has 0 aromatic heterocycles. The van der Waals surface area contributed by atoms with Gasteiger partial charge in [-0.1, -0.05) is 39.0 Å². The minimum absolute atomic E-state index is 0.0476. The van der Waals surface area contributed by atoms with Crippen molar-refractivity contribution in [1.29, 1.82) is 0 Å². The summed E-state index contributed by atoms with van der Waals surface area (Å²) in [6.45, 7) is 1.99. The van der Waals surface area contributed by atoms with E-state index in [0.29, 0.717) is 6.42 Å². The van der Waals surface area contributed by atoms with E-state index in [0.717, 1.165) is 57.4 Å². The van der Waals surface area contributed by atoms with Crippen molar-refractivity contribution >= 4 is 5.97 Å². The Labute approximate surface area is 109 Å². The third kappa shape index (κ3) is 11.5. The van der Waals surface area contributed by atoms with E-state index in [4.69, 9.17) is 5.11 Å². The SMILES string of the molecule is CCC(O)CCCCCCCCC(O)=CC(=O)O. The van der Waals surface area contributed by atoms with Crippen molar-refractivity contribution in [2.75, 3.05) is 0 Å². The predicted molar refractivity (Wildman–Crippen MR) is 71.6 cm³/mol. The zero-order chi connectivity index (χ0) is 13.8. The molecule has 0 radical (unpaired) electrons. The van der Waals surface area contributed by atoms with Crippen LogP contribution in [0.25, 0.3) is 0 Å². The van der Waals surface area contributed by atoms with Gasteiger partial charge in [0.2, 0.25) is 0 Å². The van der Waals surface area contributed by atoms with Crippen LogP contribution in [-0.2, 0) is 4.79 Å².